The smallest absolute Gasteiger partial charge is 0.129 e. The zero-order chi connectivity index (χ0) is 13.8. The van der Waals surface area contributed by atoms with Crippen LogP contribution >= 0.6 is 0 Å². The molecule has 1 aromatic carbocycles. The van der Waals surface area contributed by atoms with Crippen LogP contribution in [-0.4, -0.2) is 24.8 Å². The Kier molecular flexibility index (Phi) is 4.76. The van der Waals surface area contributed by atoms with Crippen LogP contribution in [0.25, 0.3) is 0 Å². The molecular formula is C17H25NO. The molecule has 0 saturated heterocycles. The maximum absolute atomic E-state index is 11.2. The van der Waals surface area contributed by atoms with E-state index in [1.165, 1.54) is 42.4 Å². The van der Waals surface area contributed by atoms with Crippen molar-refractivity contribution in [1.82, 2.24) is 4.90 Å². The Labute approximate surface area is 116 Å². The van der Waals surface area contributed by atoms with Crippen LogP contribution in [0.2, 0.25) is 0 Å². The molecule has 19 heavy (non-hydrogen) atoms. The minimum atomic E-state index is 0.282. The van der Waals surface area contributed by atoms with Gasteiger partial charge in [-0.3, -0.25) is 0 Å². The zero-order valence-electron chi connectivity index (χ0n) is 12.4. The van der Waals surface area contributed by atoms with E-state index in [-0.39, 0.29) is 5.78 Å². The molecule has 1 atom stereocenters. The first kappa shape index (κ1) is 14.3. The first-order chi connectivity index (χ1) is 9.08. The molecule has 1 unspecified atom stereocenters. The molecule has 1 aliphatic rings. The van der Waals surface area contributed by atoms with Crippen LogP contribution in [0.15, 0.2) is 18.2 Å². The van der Waals surface area contributed by atoms with E-state index in [2.05, 4.69) is 37.2 Å². The fourth-order valence-corrected chi connectivity index (χ4v) is 3.02. The van der Waals surface area contributed by atoms with Crippen molar-refractivity contribution in [2.45, 2.75) is 51.5 Å². The highest BCUT2D eigenvalue weighted by Gasteiger charge is 2.17. The van der Waals surface area contributed by atoms with E-state index in [9.17, 15) is 4.79 Å². The summed E-state index contributed by atoms with van der Waals surface area (Å²) in [7, 11) is 4.20. The van der Waals surface area contributed by atoms with Gasteiger partial charge < -0.3 is 9.69 Å². The molecule has 0 radical (unpaired) electrons. The van der Waals surface area contributed by atoms with Gasteiger partial charge in [0.05, 0.1) is 0 Å². The van der Waals surface area contributed by atoms with Gasteiger partial charge in [-0.2, -0.15) is 0 Å². The van der Waals surface area contributed by atoms with Crippen LogP contribution in [-0.2, 0) is 17.6 Å². The molecule has 0 fully saturated rings. The van der Waals surface area contributed by atoms with Crippen molar-refractivity contribution in [2.24, 2.45) is 0 Å². The molecule has 0 bridgehead atoms. The lowest BCUT2D eigenvalue weighted by atomic mass is 9.88. The number of rotatable bonds is 5. The van der Waals surface area contributed by atoms with E-state index < -0.39 is 0 Å². The first-order valence-electron chi connectivity index (χ1n) is 7.35. The van der Waals surface area contributed by atoms with Crippen molar-refractivity contribution in [3.8, 4) is 0 Å². The van der Waals surface area contributed by atoms with Crippen LogP contribution < -0.4 is 0 Å². The number of carbonyl (C=O) groups excluding carboxylic acids is 1. The van der Waals surface area contributed by atoms with Gasteiger partial charge in [0.2, 0.25) is 0 Å². The third-order valence-corrected chi connectivity index (χ3v) is 4.15. The highest BCUT2D eigenvalue weighted by Crippen LogP contribution is 2.29. The van der Waals surface area contributed by atoms with Gasteiger partial charge in [0.1, 0.15) is 5.78 Å². The first-order valence-corrected chi connectivity index (χ1v) is 7.35. The van der Waals surface area contributed by atoms with Gasteiger partial charge in [0.25, 0.3) is 0 Å². The molecule has 2 heteroatoms. The average molecular weight is 259 g/mol. The predicted molar refractivity (Wildman–Crippen MR) is 79.4 cm³/mol. The van der Waals surface area contributed by atoms with Gasteiger partial charge in [0, 0.05) is 12.5 Å². The molecule has 0 heterocycles. The third kappa shape index (κ3) is 3.66. The molecule has 0 amide bonds. The van der Waals surface area contributed by atoms with E-state index in [0.717, 1.165) is 6.42 Å². The van der Waals surface area contributed by atoms with Crippen molar-refractivity contribution in [1.29, 1.82) is 0 Å². The number of hydrogen-bond acceptors (Lipinski definition) is 2. The van der Waals surface area contributed by atoms with Crippen LogP contribution in [0.3, 0.4) is 0 Å². The number of ketones is 1. The predicted octanol–water partition coefficient (Wildman–Crippen LogP) is 3.54. The van der Waals surface area contributed by atoms with Crippen molar-refractivity contribution in [2.75, 3.05) is 14.1 Å². The number of hydrogen-bond donors (Lipinski definition) is 0. The lowest BCUT2D eigenvalue weighted by molar-refractivity contribution is -0.117. The van der Waals surface area contributed by atoms with E-state index in [4.69, 9.17) is 0 Å². The fraction of sp³-hybridized carbons (Fsp3) is 0.588. The van der Waals surface area contributed by atoms with Gasteiger partial charge >= 0.3 is 0 Å². The van der Waals surface area contributed by atoms with Gasteiger partial charge in [-0.15, -0.1) is 0 Å². The summed E-state index contributed by atoms with van der Waals surface area (Å²) in [6.45, 7) is 1.68. The van der Waals surface area contributed by atoms with Crippen molar-refractivity contribution < 1.29 is 4.79 Å². The van der Waals surface area contributed by atoms with E-state index in [1.54, 1.807) is 6.92 Å². The number of aryl methyl sites for hydroxylation is 2. The lowest BCUT2D eigenvalue weighted by Gasteiger charge is -2.26. The number of carbonyl (C=O) groups is 1. The molecule has 1 aromatic rings. The summed E-state index contributed by atoms with van der Waals surface area (Å²) < 4.78 is 0. The highest BCUT2D eigenvalue weighted by atomic mass is 16.1. The Balaban J connectivity index is 2.19. The normalized spacial score (nSPS) is 16.2. The van der Waals surface area contributed by atoms with Gasteiger partial charge in [-0.05, 0) is 69.8 Å². The second-order valence-corrected chi connectivity index (χ2v) is 5.96. The number of nitrogens with zero attached hydrogens (tertiary/aromatic N) is 1. The number of Topliss-reactive ketones (excluding diaryl/α,β-unsaturated/α-hetero) is 1. The van der Waals surface area contributed by atoms with Gasteiger partial charge in [-0.1, -0.05) is 18.2 Å². The van der Waals surface area contributed by atoms with E-state index in [0.29, 0.717) is 12.5 Å². The molecule has 1 aliphatic carbocycles. The Hall–Kier alpha value is -1.15. The molecule has 2 rings (SSSR count). The van der Waals surface area contributed by atoms with Crippen LogP contribution in [0.5, 0.6) is 0 Å². The molecule has 0 spiro atoms. The Bertz CT molecular complexity index is 451. The van der Waals surface area contributed by atoms with Crippen LogP contribution in [0.1, 0.15) is 55.3 Å². The highest BCUT2D eigenvalue weighted by molar-refractivity contribution is 5.75. The SMILES string of the molecule is CC(=O)CCC(c1ccc2c(c1)CCCC2)N(C)C. The summed E-state index contributed by atoms with van der Waals surface area (Å²) in [6, 6.07) is 7.29. The fourth-order valence-electron chi connectivity index (χ4n) is 3.02. The molecule has 0 aromatic heterocycles. The standard InChI is InChI=1S/C17H25NO/c1-13(19)8-11-17(18(2)3)16-10-9-14-6-4-5-7-15(14)12-16/h9-10,12,17H,4-8,11H2,1-3H3. The maximum Gasteiger partial charge on any atom is 0.129 e. The number of fused-ring (bicyclic) bond motifs is 1. The lowest BCUT2D eigenvalue weighted by Crippen LogP contribution is -2.21. The Morgan fingerprint density at radius 3 is 2.53 bits per heavy atom. The Morgan fingerprint density at radius 1 is 1.21 bits per heavy atom. The maximum atomic E-state index is 11.2. The average Bonchev–Trinajstić information content (AvgIpc) is 2.38. The van der Waals surface area contributed by atoms with Crippen molar-refractivity contribution >= 4 is 5.78 Å². The van der Waals surface area contributed by atoms with Crippen LogP contribution in [0, 0.1) is 0 Å². The number of benzene rings is 1. The summed E-state index contributed by atoms with van der Waals surface area (Å²) in [5.41, 5.74) is 4.42. The summed E-state index contributed by atoms with van der Waals surface area (Å²) in [4.78, 5) is 13.4. The topological polar surface area (TPSA) is 20.3 Å². The van der Waals surface area contributed by atoms with Crippen LogP contribution in [0.4, 0.5) is 0 Å². The molecule has 104 valence electrons. The molecule has 0 aliphatic heterocycles. The molecule has 0 saturated carbocycles. The molecular weight excluding hydrogens is 234 g/mol. The monoisotopic (exact) mass is 259 g/mol. The van der Waals surface area contributed by atoms with E-state index >= 15 is 0 Å². The molecule has 0 N–H and O–H groups in total. The summed E-state index contributed by atoms with van der Waals surface area (Å²) >= 11 is 0. The van der Waals surface area contributed by atoms with Gasteiger partial charge in [-0.25, -0.2) is 0 Å². The second-order valence-electron chi connectivity index (χ2n) is 5.96. The van der Waals surface area contributed by atoms with Gasteiger partial charge in [0.15, 0.2) is 0 Å². The summed E-state index contributed by atoms with van der Waals surface area (Å²) in [5.74, 6) is 0.282. The minimum absolute atomic E-state index is 0.282. The van der Waals surface area contributed by atoms with E-state index in [1.807, 2.05) is 0 Å². The largest absolute Gasteiger partial charge is 0.302 e. The van der Waals surface area contributed by atoms with Crippen molar-refractivity contribution in [3.05, 3.63) is 34.9 Å². The Morgan fingerprint density at radius 2 is 1.89 bits per heavy atom. The molecule has 2 nitrogen and oxygen atoms in total. The summed E-state index contributed by atoms with van der Waals surface area (Å²) in [6.07, 6.45) is 6.68. The third-order valence-electron chi connectivity index (χ3n) is 4.15. The quantitative estimate of drug-likeness (QED) is 0.806. The minimum Gasteiger partial charge on any atom is -0.302 e. The van der Waals surface area contributed by atoms with Crippen molar-refractivity contribution in [3.63, 3.8) is 0 Å². The zero-order valence-corrected chi connectivity index (χ0v) is 12.4. The summed E-state index contributed by atoms with van der Waals surface area (Å²) in [5, 5.41) is 0. The second kappa shape index (κ2) is 6.33.